The van der Waals surface area contributed by atoms with Gasteiger partial charge in [0.05, 0.1) is 194 Å². The molecular formula is C80H121N11O19. The summed E-state index contributed by atoms with van der Waals surface area (Å²) in [5, 5.41) is 20.4. The molecular weight excluding hydrogens is 1420 g/mol. The van der Waals surface area contributed by atoms with E-state index in [2.05, 4.69) is 82.0 Å². The number of hydrogen-bond donors (Lipinski definition) is 5. The molecule has 6 aromatic rings. The first kappa shape index (κ1) is 90.9. The fourth-order valence-electron chi connectivity index (χ4n) is 11.4. The number of primary amides is 1. The second kappa shape index (κ2) is 53.8. The van der Waals surface area contributed by atoms with E-state index in [9.17, 15) is 28.8 Å². The van der Waals surface area contributed by atoms with Crippen molar-refractivity contribution in [2.45, 2.75) is 145 Å². The van der Waals surface area contributed by atoms with E-state index >= 15 is 0 Å². The summed E-state index contributed by atoms with van der Waals surface area (Å²) in [5.41, 5.74) is 13.1. The minimum absolute atomic E-state index is 0.00631. The Morgan fingerprint density at radius 2 is 1.10 bits per heavy atom. The van der Waals surface area contributed by atoms with Crippen molar-refractivity contribution in [1.82, 2.24) is 45.5 Å². The zero-order valence-electron chi connectivity index (χ0n) is 65.8. The van der Waals surface area contributed by atoms with Gasteiger partial charge in [0.25, 0.3) is 0 Å². The van der Waals surface area contributed by atoms with Crippen molar-refractivity contribution in [2.75, 3.05) is 170 Å². The van der Waals surface area contributed by atoms with Crippen LogP contribution in [0.4, 0.5) is 15.3 Å². The standard InChI is InChI=1S/C80H121N11O19/c1-8-9-16-72-86-75-61(4)84-70-15-11-10-14-69(70)76(75)91(72)57-63-19-17-62(18-20-63)56-83-79(97)110-59-64-21-23-66(24-22-64)85-77(95)65(13-12-28-82-78(81)96)54-71(93)74(60(2)3)87-73(94)27-30-98-32-34-100-36-38-102-40-42-104-44-46-106-48-50-108-52-53-109-51-49-107-47-45-105-43-41-103-39-37-101-35-33-99-31-29-90-58-67(88-89-90)25-26-68(92)55-80(5,6)7/h10-11,14-15,17-24,58,60,65,74H,8-9,12-13,16,25-57,59H2,1-7H3,(H,83,97)(H,85,95)(H,87,94)(H3,81,82,96)/t65-,74+/m1/s1. The number of unbranched alkanes of at least 4 members (excludes halogenated alkanes) is 1. The molecule has 3 aromatic heterocycles. The summed E-state index contributed by atoms with van der Waals surface area (Å²) < 4.78 is 76.4. The van der Waals surface area contributed by atoms with E-state index in [4.69, 9.17) is 77.3 Å². The van der Waals surface area contributed by atoms with Crippen molar-refractivity contribution in [2.24, 2.45) is 23.0 Å². The first-order valence-corrected chi connectivity index (χ1v) is 38.7. The summed E-state index contributed by atoms with van der Waals surface area (Å²) in [7, 11) is 0. The zero-order valence-corrected chi connectivity index (χ0v) is 65.8. The lowest BCUT2D eigenvalue weighted by atomic mass is 9.88. The summed E-state index contributed by atoms with van der Waals surface area (Å²) in [4.78, 5) is 87.0. The lowest BCUT2D eigenvalue weighted by molar-refractivity contribution is -0.131. The number of alkyl carbamates (subject to hydrolysis) is 1. The Morgan fingerprint density at radius 3 is 1.63 bits per heavy atom. The molecule has 2 atom stereocenters. The van der Waals surface area contributed by atoms with Crippen LogP contribution in [0.25, 0.3) is 21.9 Å². The summed E-state index contributed by atoms with van der Waals surface area (Å²) in [6.45, 7) is 25.6. The molecule has 5 amide bonds. The Bertz CT molecular complexity index is 3590. The van der Waals surface area contributed by atoms with Gasteiger partial charge in [-0.25, -0.2) is 19.3 Å². The molecule has 0 spiro atoms. The third-order valence-corrected chi connectivity index (χ3v) is 17.2. The predicted octanol–water partition coefficient (Wildman–Crippen LogP) is 8.63. The molecule has 6 N–H and O–H groups in total. The molecule has 30 nitrogen and oxygen atoms in total. The van der Waals surface area contributed by atoms with Gasteiger partial charge in [-0.05, 0) is 78.8 Å². The number of carbonyl (C=O) groups excluding carboxylic acids is 6. The highest BCUT2D eigenvalue weighted by atomic mass is 16.6. The Morgan fingerprint density at radius 1 is 0.582 bits per heavy atom. The molecule has 0 unspecified atom stereocenters. The van der Waals surface area contributed by atoms with Crippen LogP contribution in [0, 0.1) is 24.2 Å². The monoisotopic (exact) mass is 1540 g/mol. The van der Waals surface area contributed by atoms with Gasteiger partial charge in [-0.2, -0.15) is 0 Å². The van der Waals surface area contributed by atoms with Crippen LogP contribution in [0.1, 0.15) is 127 Å². The van der Waals surface area contributed by atoms with Crippen LogP contribution in [0.2, 0.25) is 0 Å². The highest BCUT2D eigenvalue weighted by Crippen LogP contribution is 2.29. The molecule has 0 saturated carbocycles. The van der Waals surface area contributed by atoms with Crippen LogP contribution in [0.5, 0.6) is 0 Å². The molecule has 0 aliphatic rings. The van der Waals surface area contributed by atoms with Crippen LogP contribution < -0.4 is 27.0 Å². The third-order valence-electron chi connectivity index (χ3n) is 17.2. The van der Waals surface area contributed by atoms with Crippen LogP contribution in [-0.4, -0.2) is 236 Å². The van der Waals surface area contributed by atoms with Gasteiger partial charge in [-0.1, -0.05) is 108 Å². The van der Waals surface area contributed by atoms with Crippen molar-refractivity contribution < 1.29 is 90.3 Å². The normalized spacial score (nSPS) is 12.3. The lowest BCUT2D eigenvalue weighted by Gasteiger charge is -2.24. The van der Waals surface area contributed by atoms with Gasteiger partial charge in [0.15, 0.2) is 5.78 Å². The highest BCUT2D eigenvalue weighted by molar-refractivity contribution is 6.03. The molecule has 30 heteroatoms. The van der Waals surface area contributed by atoms with Crippen LogP contribution in [0.3, 0.4) is 0 Å². The summed E-state index contributed by atoms with van der Waals surface area (Å²) in [6, 6.07) is 21.6. The van der Waals surface area contributed by atoms with E-state index in [1.165, 1.54) is 0 Å². The molecule has 0 saturated heterocycles. The van der Waals surface area contributed by atoms with E-state index in [0.717, 1.165) is 69.5 Å². The number of imidazole rings is 1. The largest absolute Gasteiger partial charge is 0.445 e. The molecule has 0 aliphatic carbocycles. The number of carbonyl (C=O) groups is 6. The maximum atomic E-state index is 13.8. The minimum atomic E-state index is -0.860. The fraction of sp³-hybridized carbons (Fsp3) is 0.625. The van der Waals surface area contributed by atoms with Gasteiger partial charge in [0, 0.05) is 74.9 Å². The first-order chi connectivity index (χ1) is 53.3. The second-order valence-electron chi connectivity index (χ2n) is 28.0. The number of aromatic nitrogens is 6. The number of Topliss-reactive ketones (excluding diaryl/α,β-unsaturated/α-hetero) is 2. The number of pyridine rings is 1. The lowest BCUT2D eigenvalue weighted by Crippen LogP contribution is -2.45. The molecule has 0 aliphatic heterocycles. The number of aryl methyl sites for hydroxylation is 3. The minimum Gasteiger partial charge on any atom is -0.445 e. The highest BCUT2D eigenvalue weighted by Gasteiger charge is 2.30. The van der Waals surface area contributed by atoms with Gasteiger partial charge in [0.2, 0.25) is 11.8 Å². The second-order valence-corrected chi connectivity index (χ2v) is 28.0. The van der Waals surface area contributed by atoms with Gasteiger partial charge in [0.1, 0.15) is 23.7 Å². The third kappa shape index (κ3) is 38.3. The number of nitrogens with one attached hydrogen (secondary N) is 4. The van der Waals surface area contributed by atoms with E-state index < -0.39 is 30.0 Å². The number of urea groups is 1. The number of nitrogens with zero attached hydrogens (tertiary/aromatic N) is 6. The summed E-state index contributed by atoms with van der Waals surface area (Å²) in [5.74, 6) is -0.886. The molecule has 0 fully saturated rings. The quantitative estimate of drug-likeness (QED) is 0.0223. The Labute approximate surface area is 647 Å². The number of anilines is 1. The van der Waals surface area contributed by atoms with E-state index in [1.54, 1.807) is 28.9 Å². The van der Waals surface area contributed by atoms with Crippen molar-refractivity contribution in [3.63, 3.8) is 0 Å². The van der Waals surface area contributed by atoms with Crippen LogP contribution in [-0.2, 0) is 120 Å². The summed E-state index contributed by atoms with van der Waals surface area (Å²) >= 11 is 0. The number of nitrogens with two attached hydrogens (primary N) is 1. The van der Waals surface area contributed by atoms with Gasteiger partial charge in [-0.15, -0.1) is 5.10 Å². The summed E-state index contributed by atoms with van der Waals surface area (Å²) in [6.07, 6.45) is 6.34. The zero-order chi connectivity index (χ0) is 78.8. The maximum Gasteiger partial charge on any atom is 0.407 e. The Kier molecular flexibility index (Phi) is 44.5. The van der Waals surface area contributed by atoms with Crippen LogP contribution >= 0.6 is 0 Å². The number of hydrogen-bond acceptors (Lipinski definition) is 23. The number of para-hydroxylation sites is 1. The number of ether oxygens (including phenoxy) is 13. The number of benzene rings is 3. The van der Waals surface area contributed by atoms with Crippen molar-refractivity contribution in [3.05, 3.63) is 113 Å². The molecule has 3 heterocycles. The van der Waals surface area contributed by atoms with Crippen molar-refractivity contribution in [3.8, 4) is 0 Å². The molecule has 3 aromatic carbocycles. The van der Waals surface area contributed by atoms with Gasteiger partial charge < -0.3 is 93.1 Å². The van der Waals surface area contributed by atoms with E-state index in [1.807, 2.05) is 57.3 Å². The fourth-order valence-corrected chi connectivity index (χ4v) is 11.4. The molecule has 6 rings (SSSR count). The maximum absolute atomic E-state index is 13.8. The van der Waals surface area contributed by atoms with Gasteiger partial charge in [-0.3, -0.25) is 24.2 Å². The number of ketones is 2. The molecule has 610 valence electrons. The average Bonchev–Trinajstić information content (AvgIpc) is 1.59. The Hall–Kier alpha value is -7.98. The predicted molar refractivity (Wildman–Crippen MR) is 415 cm³/mol. The van der Waals surface area contributed by atoms with Gasteiger partial charge >= 0.3 is 12.1 Å². The first-order valence-electron chi connectivity index (χ1n) is 38.7. The van der Waals surface area contributed by atoms with E-state index in [0.29, 0.717) is 195 Å². The molecule has 0 radical (unpaired) electrons. The number of amides is 5. The molecule has 110 heavy (non-hydrogen) atoms. The van der Waals surface area contributed by atoms with Crippen molar-refractivity contribution >= 4 is 63.1 Å². The Balaban J connectivity index is 0.698. The average molecular weight is 1540 g/mol. The smallest absolute Gasteiger partial charge is 0.407 e. The van der Waals surface area contributed by atoms with Crippen molar-refractivity contribution in [1.29, 1.82) is 0 Å². The molecule has 0 bridgehead atoms. The van der Waals surface area contributed by atoms with E-state index in [-0.39, 0.29) is 81.0 Å². The topological polar surface area (TPSA) is 358 Å². The van der Waals surface area contributed by atoms with Crippen LogP contribution in [0.15, 0.2) is 79.0 Å². The number of rotatable bonds is 63. The SMILES string of the molecule is CCCCc1nc2c(C)nc3ccccc3c2n1Cc1ccc(CNC(=O)OCc2ccc(NC(=O)[C@H](CCCNC(N)=O)CC(=O)[C@@H](NC(=O)CCOCCOCCOCCOCCOCCOCCOCCOCCOCCOCCOCCOCCn3cc(CCC(=O)CC(C)(C)C)nn3)C(C)C)cc2)cc1. The number of fused-ring (bicyclic) bond motifs is 3.